The molecule has 0 aromatic carbocycles. The smallest absolute Gasteiger partial charge is 0.407 e. The second-order valence-corrected chi connectivity index (χ2v) is 10.5. The number of ether oxygens (including phenoxy) is 2. The van der Waals surface area contributed by atoms with Gasteiger partial charge in [-0.05, 0) is 64.7 Å². The van der Waals surface area contributed by atoms with Crippen LogP contribution in [0.4, 0.5) is 4.79 Å². The highest BCUT2D eigenvalue weighted by Gasteiger charge is 2.49. The number of carbonyl (C=O) groups is 1. The van der Waals surface area contributed by atoms with E-state index in [1.807, 2.05) is 0 Å². The van der Waals surface area contributed by atoms with Crippen LogP contribution in [0.2, 0.25) is 0 Å². The third-order valence-corrected chi connectivity index (χ3v) is 7.95. The number of carbonyl (C=O) groups excluding carboxylic acids is 1. The first-order valence-electron chi connectivity index (χ1n) is 12.2. The highest BCUT2D eigenvalue weighted by atomic mass is 31.2. The average Bonchev–Trinajstić information content (AvgIpc) is 3.37. The lowest BCUT2D eigenvalue weighted by molar-refractivity contribution is 0.0862. The summed E-state index contributed by atoms with van der Waals surface area (Å²) in [5.74, 6) is 8.31. The number of fused-ring (bicyclic) bond motifs is 1. The maximum atomic E-state index is 11.9. The van der Waals surface area contributed by atoms with Crippen LogP contribution < -0.4 is 5.32 Å². The average molecular weight is 471 g/mol. The molecule has 0 radical (unpaired) electrons. The predicted octanol–water partition coefficient (Wildman–Crippen LogP) is 4.96. The molecule has 0 heterocycles. The molecule has 0 saturated heterocycles. The number of amides is 1. The highest BCUT2D eigenvalue weighted by Crippen LogP contribution is 2.52. The fraction of sp³-hybridized carbons (Fsp3) is 0.875. The fourth-order valence-corrected chi connectivity index (χ4v) is 5.99. The minimum absolute atomic E-state index is 0.343. The molecule has 1 unspecified atom stereocenters. The molecule has 1 fully saturated rings. The SMILES string of the molecule is CCCOP(OCCOCCNC(=O)OC[C@@H]1[C@@H]2CCC#CCC[C@@H]21)N(C(C)C)C(C)C. The summed E-state index contributed by atoms with van der Waals surface area (Å²) in [7, 11) is -1.10. The van der Waals surface area contributed by atoms with Crippen molar-refractivity contribution in [1.29, 1.82) is 0 Å². The Morgan fingerprint density at radius 3 is 2.22 bits per heavy atom. The molecule has 2 aliphatic rings. The topological polar surface area (TPSA) is 69.3 Å². The lowest BCUT2D eigenvalue weighted by Gasteiger charge is -2.35. The molecule has 0 aliphatic heterocycles. The largest absolute Gasteiger partial charge is 0.449 e. The maximum absolute atomic E-state index is 11.9. The van der Waals surface area contributed by atoms with Gasteiger partial charge in [-0.25, -0.2) is 9.46 Å². The zero-order valence-corrected chi connectivity index (χ0v) is 21.5. The molecule has 1 saturated carbocycles. The molecule has 32 heavy (non-hydrogen) atoms. The Morgan fingerprint density at radius 1 is 1.00 bits per heavy atom. The van der Waals surface area contributed by atoms with Crippen LogP contribution in [0.25, 0.3) is 0 Å². The molecule has 184 valence electrons. The van der Waals surface area contributed by atoms with Gasteiger partial charge >= 0.3 is 6.09 Å². The molecule has 0 aromatic heterocycles. The van der Waals surface area contributed by atoms with Crippen molar-refractivity contribution in [3.05, 3.63) is 0 Å². The second kappa shape index (κ2) is 15.1. The Hall–Kier alpha value is -0.900. The van der Waals surface area contributed by atoms with E-state index in [1.54, 1.807) is 0 Å². The molecular formula is C24H43N2O5P. The van der Waals surface area contributed by atoms with Crippen molar-refractivity contribution < 1.29 is 23.3 Å². The van der Waals surface area contributed by atoms with E-state index in [9.17, 15) is 4.79 Å². The number of rotatable bonds is 15. The maximum Gasteiger partial charge on any atom is 0.407 e. The summed E-state index contributed by atoms with van der Waals surface area (Å²) in [4.78, 5) is 11.9. The van der Waals surface area contributed by atoms with Gasteiger partial charge in [0.15, 0.2) is 0 Å². The first-order chi connectivity index (χ1) is 15.5. The van der Waals surface area contributed by atoms with Crippen LogP contribution in [0.3, 0.4) is 0 Å². The van der Waals surface area contributed by atoms with Gasteiger partial charge in [-0.2, -0.15) is 0 Å². The minimum atomic E-state index is -1.10. The first kappa shape index (κ1) is 27.3. The van der Waals surface area contributed by atoms with E-state index in [4.69, 9.17) is 18.5 Å². The van der Waals surface area contributed by atoms with Crippen LogP contribution in [0.15, 0.2) is 0 Å². The summed E-state index contributed by atoms with van der Waals surface area (Å²) in [6.07, 6.45) is 4.83. The summed E-state index contributed by atoms with van der Waals surface area (Å²) in [6.45, 7) is 13.7. The number of hydrogen-bond donors (Lipinski definition) is 1. The molecule has 7 nitrogen and oxygen atoms in total. The zero-order valence-electron chi connectivity index (χ0n) is 20.6. The Kier molecular flexibility index (Phi) is 12.9. The van der Waals surface area contributed by atoms with Gasteiger partial charge in [-0.1, -0.05) is 6.92 Å². The Bertz CT molecular complexity index is 581. The van der Waals surface area contributed by atoms with E-state index in [2.05, 4.69) is 56.4 Å². The predicted molar refractivity (Wildman–Crippen MR) is 128 cm³/mol. The van der Waals surface area contributed by atoms with Crippen molar-refractivity contribution in [2.45, 2.75) is 78.8 Å². The molecule has 2 aliphatic carbocycles. The van der Waals surface area contributed by atoms with Gasteiger partial charge in [0.2, 0.25) is 0 Å². The normalized spacial score (nSPS) is 23.2. The molecule has 1 amide bonds. The Balaban J connectivity index is 1.53. The van der Waals surface area contributed by atoms with Crippen LogP contribution in [0, 0.1) is 29.6 Å². The van der Waals surface area contributed by atoms with E-state index < -0.39 is 8.53 Å². The first-order valence-corrected chi connectivity index (χ1v) is 13.4. The highest BCUT2D eigenvalue weighted by molar-refractivity contribution is 7.44. The molecule has 1 N–H and O–H groups in total. The number of alkyl carbamates (subject to hydrolysis) is 1. The van der Waals surface area contributed by atoms with E-state index in [0.717, 1.165) is 32.1 Å². The number of nitrogens with one attached hydrogen (secondary N) is 1. The minimum Gasteiger partial charge on any atom is -0.449 e. The van der Waals surface area contributed by atoms with Gasteiger partial charge in [-0.15, -0.1) is 11.8 Å². The second-order valence-electron chi connectivity index (χ2n) is 9.03. The quantitative estimate of drug-likeness (QED) is 0.207. The fourth-order valence-electron chi connectivity index (χ4n) is 4.32. The molecule has 8 heteroatoms. The van der Waals surface area contributed by atoms with Crippen molar-refractivity contribution >= 4 is 14.6 Å². The van der Waals surface area contributed by atoms with Gasteiger partial charge in [0, 0.05) is 31.5 Å². The Morgan fingerprint density at radius 2 is 1.62 bits per heavy atom. The van der Waals surface area contributed by atoms with Crippen LogP contribution in [0.5, 0.6) is 0 Å². The molecular weight excluding hydrogens is 427 g/mol. The number of hydrogen-bond acceptors (Lipinski definition) is 6. The van der Waals surface area contributed by atoms with Crippen molar-refractivity contribution in [3.8, 4) is 11.8 Å². The monoisotopic (exact) mass is 470 g/mol. The van der Waals surface area contributed by atoms with E-state index in [1.165, 1.54) is 0 Å². The van der Waals surface area contributed by atoms with Crippen LogP contribution >= 0.6 is 8.53 Å². The van der Waals surface area contributed by atoms with Crippen molar-refractivity contribution in [2.75, 3.05) is 39.6 Å². The lowest BCUT2D eigenvalue weighted by Crippen LogP contribution is -2.34. The molecule has 0 bridgehead atoms. The van der Waals surface area contributed by atoms with Gasteiger partial charge in [0.1, 0.15) is 0 Å². The van der Waals surface area contributed by atoms with Gasteiger partial charge in [-0.3, -0.25) is 0 Å². The van der Waals surface area contributed by atoms with Gasteiger partial charge < -0.3 is 23.8 Å². The van der Waals surface area contributed by atoms with E-state index in [-0.39, 0.29) is 6.09 Å². The van der Waals surface area contributed by atoms with Crippen LogP contribution in [-0.4, -0.2) is 62.4 Å². The third kappa shape index (κ3) is 9.53. The number of nitrogens with zero attached hydrogens (tertiary/aromatic N) is 1. The molecule has 2 rings (SSSR count). The van der Waals surface area contributed by atoms with Gasteiger partial charge in [0.25, 0.3) is 8.53 Å². The lowest BCUT2D eigenvalue weighted by atomic mass is 10.1. The van der Waals surface area contributed by atoms with Gasteiger partial charge in [0.05, 0.1) is 33.0 Å². The van der Waals surface area contributed by atoms with Crippen molar-refractivity contribution in [2.24, 2.45) is 17.8 Å². The van der Waals surface area contributed by atoms with E-state index in [0.29, 0.717) is 69.4 Å². The van der Waals surface area contributed by atoms with Crippen molar-refractivity contribution in [1.82, 2.24) is 9.99 Å². The zero-order chi connectivity index (χ0) is 23.3. The summed E-state index contributed by atoms with van der Waals surface area (Å²) in [5.41, 5.74) is 0. The standard InChI is InChI=1S/C24H43N2O5P/c1-6-14-30-32(26(19(2)3)20(4)5)31-17-16-28-15-13-25-24(27)29-18-23-21-11-9-7-8-10-12-22(21)23/h19-23H,6,9-18H2,1-5H3,(H,25,27)/t21-,22+,23-,32?. The van der Waals surface area contributed by atoms with Crippen LogP contribution in [0.1, 0.15) is 66.7 Å². The summed E-state index contributed by atoms with van der Waals surface area (Å²) >= 11 is 0. The summed E-state index contributed by atoms with van der Waals surface area (Å²) < 4.78 is 25.3. The summed E-state index contributed by atoms with van der Waals surface area (Å²) in [5, 5.41) is 2.77. The van der Waals surface area contributed by atoms with Crippen molar-refractivity contribution in [3.63, 3.8) is 0 Å². The summed E-state index contributed by atoms with van der Waals surface area (Å²) in [6, 6.07) is 0.687. The molecule has 4 atom stereocenters. The third-order valence-electron chi connectivity index (χ3n) is 5.84. The molecule has 0 spiro atoms. The Labute approximate surface area is 196 Å². The van der Waals surface area contributed by atoms with E-state index >= 15 is 0 Å². The van der Waals surface area contributed by atoms with Crippen LogP contribution in [-0.2, 0) is 18.5 Å². The molecule has 0 aromatic rings.